The van der Waals surface area contributed by atoms with Gasteiger partial charge in [0.2, 0.25) is 0 Å². The molecule has 2 aromatic rings. The summed E-state index contributed by atoms with van der Waals surface area (Å²) in [5.41, 5.74) is 5.23. The molecule has 21 heavy (non-hydrogen) atoms. The van der Waals surface area contributed by atoms with E-state index in [4.69, 9.17) is 10.3 Å². The Bertz CT molecular complexity index is 664. The van der Waals surface area contributed by atoms with Gasteiger partial charge in [0, 0.05) is 17.5 Å². The van der Waals surface area contributed by atoms with E-state index in [0.717, 1.165) is 22.8 Å². The number of nitrogens with two attached hydrogens (primary N) is 1. The summed E-state index contributed by atoms with van der Waals surface area (Å²) in [7, 11) is 0. The summed E-state index contributed by atoms with van der Waals surface area (Å²) in [5.74, 6) is 6.85. The number of hydrogen-bond donors (Lipinski definition) is 3. The van der Waals surface area contributed by atoms with E-state index >= 15 is 0 Å². The van der Waals surface area contributed by atoms with Gasteiger partial charge in [-0.1, -0.05) is 0 Å². The smallest absolute Gasteiger partial charge is 0.255 e. The lowest BCUT2D eigenvalue weighted by Gasteiger charge is -2.15. The Kier molecular flexibility index (Phi) is 4.28. The fourth-order valence-electron chi connectivity index (χ4n) is 2.29. The van der Waals surface area contributed by atoms with E-state index in [-0.39, 0.29) is 11.9 Å². The Morgan fingerprint density at radius 1 is 1.33 bits per heavy atom. The monoisotopic (exact) mass is 288 g/mol. The van der Waals surface area contributed by atoms with Crippen LogP contribution in [0.15, 0.2) is 22.7 Å². The number of hydrazine groups is 1. The van der Waals surface area contributed by atoms with E-state index in [0.29, 0.717) is 11.3 Å². The maximum atomic E-state index is 12.4. The molecule has 0 spiro atoms. The van der Waals surface area contributed by atoms with Crippen LogP contribution in [0.3, 0.4) is 0 Å². The first-order valence-electron chi connectivity index (χ1n) is 6.73. The van der Waals surface area contributed by atoms with Crippen LogP contribution in [0.4, 0.5) is 5.69 Å². The van der Waals surface area contributed by atoms with Gasteiger partial charge in [-0.15, -0.1) is 0 Å². The van der Waals surface area contributed by atoms with Crippen molar-refractivity contribution in [1.82, 2.24) is 10.3 Å². The Morgan fingerprint density at radius 2 is 2.05 bits per heavy atom. The van der Waals surface area contributed by atoms with Crippen molar-refractivity contribution in [3.05, 3.63) is 46.7 Å². The van der Waals surface area contributed by atoms with Gasteiger partial charge >= 0.3 is 0 Å². The molecule has 2 aromatic heterocycles. The number of nitrogens with one attached hydrogen (secondary N) is 2. The molecule has 2 heterocycles. The van der Waals surface area contributed by atoms with Gasteiger partial charge in [0.05, 0.1) is 17.3 Å². The predicted molar refractivity (Wildman–Crippen MR) is 80.8 cm³/mol. The average molecular weight is 288 g/mol. The molecule has 1 amide bonds. The number of amides is 1. The molecule has 1 unspecified atom stereocenters. The molecule has 1 atom stereocenters. The SMILES string of the molecule is Cc1cc(NN)c(C(=O)NC(C)c2cc(C)oc2C)cn1. The molecule has 0 bridgehead atoms. The highest BCUT2D eigenvalue weighted by Crippen LogP contribution is 2.22. The van der Waals surface area contributed by atoms with E-state index in [1.807, 2.05) is 33.8 Å². The number of anilines is 1. The summed E-state index contributed by atoms with van der Waals surface area (Å²) < 4.78 is 5.49. The van der Waals surface area contributed by atoms with Crippen LogP contribution in [0.25, 0.3) is 0 Å². The van der Waals surface area contributed by atoms with Gasteiger partial charge in [0.1, 0.15) is 11.5 Å². The summed E-state index contributed by atoms with van der Waals surface area (Å²) in [4.78, 5) is 16.5. The molecular weight excluding hydrogens is 268 g/mol. The zero-order valence-electron chi connectivity index (χ0n) is 12.7. The quantitative estimate of drug-likeness (QED) is 0.593. The van der Waals surface area contributed by atoms with Crippen molar-refractivity contribution in [1.29, 1.82) is 0 Å². The minimum absolute atomic E-state index is 0.165. The normalized spacial score (nSPS) is 12.0. The van der Waals surface area contributed by atoms with Gasteiger partial charge in [0.25, 0.3) is 5.91 Å². The van der Waals surface area contributed by atoms with E-state index in [1.54, 1.807) is 6.07 Å². The minimum atomic E-state index is -0.235. The second-order valence-electron chi connectivity index (χ2n) is 5.08. The van der Waals surface area contributed by atoms with Crippen LogP contribution < -0.4 is 16.6 Å². The number of aryl methyl sites for hydroxylation is 3. The zero-order valence-corrected chi connectivity index (χ0v) is 12.7. The van der Waals surface area contributed by atoms with Crippen molar-refractivity contribution in [2.24, 2.45) is 5.84 Å². The van der Waals surface area contributed by atoms with Crippen LogP contribution in [0.1, 0.15) is 46.1 Å². The fraction of sp³-hybridized carbons (Fsp3) is 0.333. The van der Waals surface area contributed by atoms with Gasteiger partial charge in [-0.2, -0.15) is 0 Å². The molecule has 6 heteroatoms. The van der Waals surface area contributed by atoms with Gasteiger partial charge in [-0.3, -0.25) is 15.6 Å². The number of rotatable bonds is 4. The minimum Gasteiger partial charge on any atom is -0.466 e. The lowest BCUT2D eigenvalue weighted by atomic mass is 10.1. The van der Waals surface area contributed by atoms with Gasteiger partial charge in [-0.25, -0.2) is 0 Å². The first-order valence-corrected chi connectivity index (χ1v) is 6.73. The van der Waals surface area contributed by atoms with Crippen LogP contribution in [-0.4, -0.2) is 10.9 Å². The molecule has 0 aliphatic rings. The Hall–Kier alpha value is -2.34. The maximum Gasteiger partial charge on any atom is 0.255 e. The van der Waals surface area contributed by atoms with Crippen LogP contribution in [0.5, 0.6) is 0 Å². The number of furan rings is 1. The highest BCUT2D eigenvalue weighted by Gasteiger charge is 2.18. The lowest BCUT2D eigenvalue weighted by Crippen LogP contribution is -2.28. The van der Waals surface area contributed by atoms with Crippen molar-refractivity contribution in [3.8, 4) is 0 Å². The van der Waals surface area contributed by atoms with Gasteiger partial charge in [0.15, 0.2) is 0 Å². The second kappa shape index (κ2) is 5.97. The molecular formula is C15H20N4O2. The molecule has 0 aromatic carbocycles. The van der Waals surface area contributed by atoms with E-state index in [9.17, 15) is 4.79 Å². The summed E-state index contributed by atoms with van der Waals surface area (Å²) >= 11 is 0. The lowest BCUT2D eigenvalue weighted by molar-refractivity contribution is 0.0940. The van der Waals surface area contributed by atoms with Crippen LogP contribution in [-0.2, 0) is 0 Å². The van der Waals surface area contributed by atoms with Gasteiger partial charge in [-0.05, 0) is 39.8 Å². The summed E-state index contributed by atoms with van der Waals surface area (Å²) in [6.07, 6.45) is 1.51. The Morgan fingerprint density at radius 3 is 2.62 bits per heavy atom. The summed E-state index contributed by atoms with van der Waals surface area (Å²) in [6, 6.07) is 3.49. The summed E-state index contributed by atoms with van der Waals surface area (Å²) in [5, 5.41) is 2.93. The topological polar surface area (TPSA) is 93.2 Å². The number of hydrogen-bond acceptors (Lipinski definition) is 5. The number of pyridine rings is 1. The molecule has 112 valence electrons. The number of nitrogen functional groups attached to an aromatic ring is 1. The van der Waals surface area contributed by atoms with Crippen molar-refractivity contribution in [2.75, 3.05) is 5.43 Å². The van der Waals surface area contributed by atoms with Crippen LogP contribution in [0.2, 0.25) is 0 Å². The molecule has 0 saturated heterocycles. The molecule has 0 aliphatic heterocycles. The highest BCUT2D eigenvalue weighted by atomic mass is 16.3. The van der Waals surface area contributed by atoms with Crippen molar-refractivity contribution >= 4 is 11.6 Å². The third kappa shape index (κ3) is 3.22. The predicted octanol–water partition coefficient (Wildman–Crippen LogP) is 2.38. The van der Waals surface area contributed by atoms with Crippen molar-refractivity contribution in [2.45, 2.75) is 33.7 Å². The Labute approximate surface area is 123 Å². The van der Waals surface area contributed by atoms with E-state index < -0.39 is 0 Å². The molecule has 0 aliphatic carbocycles. The standard InChI is InChI=1S/C15H20N4O2/c1-8-5-14(19-16)13(7-17-8)15(20)18-10(3)12-6-9(2)21-11(12)4/h5-7,10H,16H2,1-4H3,(H,17,19)(H,18,20). The first-order chi connectivity index (χ1) is 9.92. The highest BCUT2D eigenvalue weighted by molar-refractivity contribution is 5.99. The number of carbonyl (C=O) groups excluding carboxylic acids is 1. The summed E-state index contributed by atoms with van der Waals surface area (Å²) in [6.45, 7) is 7.51. The van der Waals surface area contributed by atoms with Crippen LogP contribution >= 0.6 is 0 Å². The largest absolute Gasteiger partial charge is 0.466 e. The second-order valence-corrected chi connectivity index (χ2v) is 5.08. The zero-order chi connectivity index (χ0) is 15.6. The fourth-order valence-corrected chi connectivity index (χ4v) is 2.29. The number of aromatic nitrogens is 1. The van der Waals surface area contributed by atoms with E-state index in [2.05, 4.69) is 15.7 Å². The third-order valence-electron chi connectivity index (χ3n) is 3.33. The van der Waals surface area contributed by atoms with Crippen LogP contribution in [0, 0.1) is 20.8 Å². The molecule has 0 fully saturated rings. The van der Waals surface area contributed by atoms with Crippen molar-refractivity contribution in [3.63, 3.8) is 0 Å². The molecule has 4 N–H and O–H groups in total. The maximum absolute atomic E-state index is 12.4. The molecule has 0 saturated carbocycles. The number of carbonyl (C=O) groups is 1. The molecule has 0 radical (unpaired) electrons. The first kappa shape index (κ1) is 15.1. The van der Waals surface area contributed by atoms with Gasteiger partial charge < -0.3 is 15.2 Å². The third-order valence-corrected chi connectivity index (χ3v) is 3.33. The number of nitrogens with zero attached hydrogens (tertiary/aromatic N) is 1. The average Bonchev–Trinajstić information content (AvgIpc) is 2.77. The Balaban J connectivity index is 2.20. The van der Waals surface area contributed by atoms with E-state index in [1.165, 1.54) is 6.20 Å². The molecule has 2 rings (SSSR count). The molecule has 6 nitrogen and oxygen atoms in total. The van der Waals surface area contributed by atoms with Crippen molar-refractivity contribution < 1.29 is 9.21 Å².